The number of methoxy groups -OCH3 is 1. The Kier molecular flexibility index (Phi) is 12.4. The Morgan fingerprint density at radius 1 is 1.07 bits per heavy atom. The molecule has 1 aliphatic carbocycles. The molecule has 0 bridgehead atoms. The molecule has 2 heterocycles. The van der Waals surface area contributed by atoms with Crippen molar-refractivity contribution in [1.29, 1.82) is 0 Å². The number of carbonyl (C=O) groups is 1. The molecule has 1 saturated heterocycles. The summed E-state index contributed by atoms with van der Waals surface area (Å²) in [4.78, 5) is 20.7. The third-order valence-electron chi connectivity index (χ3n) is 4.63. The summed E-state index contributed by atoms with van der Waals surface area (Å²) in [6.45, 7) is 8.60. The van der Waals surface area contributed by atoms with Crippen LogP contribution in [0, 0.1) is 11.8 Å². The van der Waals surface area contributed by atoms with E-state index in [4.69, 9.17) is 4.74 Å². The van der Waals surface area contributed by atoms with Gasteiger partial charge in [-0.15, -0.1) is 0 Å². The monoisotopic (exact) mass is 388 g/mol. The van der Waals surface area contributed by atoms with Gasteiger partial charge in [0.2, 0.25) is 6.41 Å². The van der Waals surface area contributed by atoms with Crippen LogP contribution in [0.15, 0.2) is 36.7 Å². The van der Waals surface area contributed by atoms with Gasteiger partial charge in [0.1, 0.15) is 0 Å². The molecule has 28 heavy (non-hydrogen) atoms. The first-order valence-electron chi connectivity index (χ1n) is 10.2. The second kappa shape index (κ2) is 14.7. The Balaban J connectivity index is 0.000000322. The largest absolute Gasteiger partial charge is 0.478 e. The second-order valence-electron chi connectivity index (χ2n) is 6.91. The number of allylic oxidation sites excluding steroid dienone is 4. The van der Waals surface area contributed by atoms with Crippen LogP contribution in [-0.2, 0) is 4.79 Å². The quantitative estimate of drug-likeness (QED) is 0.581. The molecule has 6 nitrogen and oxygen atoms in total. The van der Waals surface area contributed by atoms with E-state index in [1.807, 2.05) is 30.9 Å². The Morgan fingerprint density at radius 3 is 2.18 bits per heavy atom. The average molecular weight is 389 g/mol. The molecule has 0 spiro atoms. The molecule has 1 saturated carbocycles. The number of nitrogens with one attached hydrogen (secondary N) is 1. The summed E-state index contributed by atoms with van der Waals surface area (Å²) in [6, 6.07) is 0. The normalized spacial score (nSPS) is 16.8. The van der Waals surface area contributed by atoms with E-state index < -0.39 is 0 Å². The maximum atomic E-state index is 10.6. The van der Waals surface area contributed by atoms with Crippen molar-refractivity contribution in [2.45, 2.75) is 46.5 Å². The van der Waals surface area contributed by atoms with Gasteiger partial charge in [-0.3, -0.25) is 4.79 Å². The average Bonchev–Trinajstić information content (AvgIpc) is 3.58. The molecule has 1 aromatic heterocycles. The number of hydrogen-bond acceptors (Lipinski definition) is 5. The summed E-state index contributed by atoms with van der Waals surface area (Å²) >= 11 is 0. The van der Waals surface area contributed by atoms with Gasteiger partial charge in [-0.25, -0.2) is 9.97 Å². The second-order valence-corrected chi connectivity index (χ2v) is 6.91. The van der Waals surface area contributed by atoms with Gasteiger partial charge in [0.15, 0.2) is 5.82 Å². The molecular weight excluding hydrogens is 352 g/mol. The number of aromatic nitrogens is 2. The van der Waals surface area contributed by atoms with Crippen LogP contribution in [0.5, 0.6) is 5.88 Å². The van der Waals surface area contributed by atoms with Crippen molar-refractivity contribution in [3.8, 4) is 5.88 Å². The SMILES string of the molecule is C/C=C/C1CC1.C/C=C\C.COc1nccnc1NCC1CCN(C=O)CC1. The van der Waals surface area contributed by atoms with Crippen molar-refractivity contribution in [1.82, 2.24) is 14.9 Å². The van der Waals surface area contributed by atoms with E-state index in [1.54, 1.807) is 19.5 Å². The number of anilines is 1. The van der Waals surface area contributed by atoms with Crippen molar-refractivity contribution >= 4 is 12.2 Å². The highest BCUT2D eigenvalue weighted by Gasteiger charge is 2.18. The van der Waals surface area contributed by atoms with Crippen LogP contribution in [-0.4, -0.2) is 48.0 Å². The van der Waals surface area contributed by atoms with Crippen LogP contribution in [0.3, 0.4) is 0 Å². The van der Waals surface area contributed by atoms with E-state index in [9.17, 15) is 4.79 Å². The van der Waals surface area contributed by atoms with Gasteiger partial charge in [0.25, 0.3) is 5.88 Å². The highest BCUT2D eigenvalue weighted by molar-refractivity contribution is 5.47. The summed E-state index contributed by atoms with van der Waals surface area (Å²) in [5.41, 5.74) is 0. The topological polar surface area (TPSA) is 67.4 Å². The molecule has 0 aromatic carbocycles. The highest BCUT2D eigenvalue weighted by Crippen LogP contribution is 2.29. The summed E-state index contributed by atoms with van der Waals surface area (Å²) in [7, 11) is 1.58. The Labute approximate surface area is 170 Å². The van der Waals surface area contributed by atoms with Crippen LogP contribution in [0.25, 0.3) is 0 Å². The molecule has 0 unspecified atom stereocenters. The first kappa shape index (κ1) is 23.7. The number of carbonyl (C=O) groups excluding carboxylic acids is 1. The lowest BCUT2D eigenvalue weighted by Gasteiger charge is -2.29. The fraction of sp³-hybridized carbons (Fsp3) is 0.591. The molecule has 0 atom stereocenters. The van der Waals surface area contributed by atoms with Crippen LogP contribution < -0.4 is 10.1 Å². The summed E-state index contributed by atoms with van der Waals surface area (Å²) in [5.74, 6) is 2.73. The van der Waals surface area contributed by atoms with Crippen LogP contribution in [0.2, 0.25) is 0 Å². The fourth-order valence-electron chi connectivity index (χ4n) is 2.66. The van der Waals surface area contributed by atoms with Crippen LogP contribution in [0.4, 0.5) is 5.82 Å². The van der Waals surface area contributed by atoms with Gasteiger partial charge in [-0.05, 0) is 58.3 Å². The number of likely N-dealkylation sites (tertiary alicyclic amines) is 1. The van der Waals surface area contributed by atoms with Crippen LogP contribution >= 0.6 is 0 Å². The van der Waals surface area contributed by atoms with Gasteiger partial charge in [0, 0.05) is 32.0 Å². The van der Waals surface area contributed by atoms with Crippen molar-refractivity contribution in [3.63, 3.8) is 0 Å². The smallest absolute Gasteiger partial charge is 0.257 e. The maximum Gasteiger partial charge on any atom is 0.257 e. The molecule has 3 rings (SSSR count). The standard InChI is InChI=1S/C12H18N4O2.C6H10.C4H8/c1-18-12-11(13-4-5-14-12)15-8-10-2-6-16(9-17)7-3-10;1-2-3-6-4-5-6;1-3-4-2/h4-5,9-10H,2-3,6-8H2,1H3,(H,13,15);2-3,6H,4-5H2,1H3;3-4H,1-2H3/b;3-2+;4-3-. The summed E-state index contributed by atoms with van der Waals surface area (Å²) in [5, 5.41) is 3.26. The molecule has 6 heteroatoms. The van der Waals surface area contributed by atoms with Crippen molar-refractivity contribution in [2.24, 2.45) is 11.8 Å². The Bertz CT molecular complexity index is 588. The van der Waals surface area contributed by atoms with Gasteiger partial charge in [0.05, 0.1) is 7.11 Å². The summed E-state index contributed by atoms with van der Waals surface area (Å²) in [6.07, 6.45) is 17.5. The lowest BCUT2D eigenvalue weighted by molar-refractivity contribution is -0.119. The molecule has 0 radical (unpaired) electrons. The number of piperidine rings is 1. The molecule has 156 valence electrons. The lowest BCUT2D eigenvalue weighted by Crippen LogP contribution is -2.34. The highest BCUT2D eigenvalue weighted by atomic mass is 16.5. The molecule has 1 amide bonds. The van der Waals surface area contributed by atoms with E-state index in [0.717, 1.165) is 44.8 Å². The van der Waals surface area contributed by atoms with E-state index in [1.165, 1.54) is 12.8 Å². The zero-order valence-electron chi connectivity index (χ0n) is 17.8. The fourth-order valence-corrected chi connectivity index (χ4v) is 2.66. The van der Waals surface area contributed by atoms with E-state index >= 15 is 0 Å². The number of hydrogen-bond donors (Lipinski definition) is 1. The maximum absolute atomic E-state index is 10.6. The minimum Gasteiger partial charge on any atom is -0.478 e. The zero-order chi connectivity index (χ0) is 20.6. The molecule has 1 aromatic rings. The summed E-state index contributed by atoms with van der Waals surface area (Å²) < 4.78 is 5.13. The molecule has 2 aliphatic rings. The number of ether oxygens (including phenoxy) is 1. The van der Waals surface area contributed by atoms with Crippen molar-refractivity contribution in [2.75, 3.05) is 32.1 Å². The Hall–Kier alpha value is -2.37. The van der Waals surface area contributed by atoms with Gasteiger partial charge in [-0.1, -0.05) is 24.3 Å². The predicted octanol–water partition coefficient (Wildman–Crippen LogP) is 4.32. The minimum atomic E-state index is 0.517. The van der Waals surface area contributed by atoms with E-state index in [0.29, 0.717) is 17.6 Å². The number of rotatable bonds is 6. The third-order valence-corrected chi connectivity index (χ3v) is 4.63. The van der Waals surface area contributed by atoms with Gasteiger partial charge < -0.3 is 15.0 Å². The predicted molar refractivity (Wildman–Crippen MR) is 115 cm³/mol. The third kappa shape index (κ3) is 10.1. The molecular formula is C22H36N4O2. The van der Waals surface area contributed by atoms with Crippen molar-refractivity contribution < 1.29 is 9.53 Å². The number of nitrogens with zero attached hydrogens (tertiary/aromatic N) is 3. The van der Waals surface area contributed by atoms with E-state index in [-0.39, 0.29) is 0 Å². The Morgan fingerprint density at radius 2 is 1.71 bits per heavy atom. The lowest BCUT2D eigenvalue weighted by atomic mass is 9.97. The van der Waals surface area contributed by atoms with Crippen molar-refractivity contribution in [3.05, 3.63) is 36.7 Å². The first-order chi connectivity index (χ1) is 13.7. The first-order valence-corrected chi connectivity index (χ1v) is 10.2. The van der Waals surface area contributed by atoms with Crippen LogP contribution in [0.1, 0.15) is 46.5 Å². The molecule has 1 aliphatic heterocycles. The van der Waals surface area contributed by atoms with Gasteiger partial charge in [-0.2, -0.15) is 0 Å². The van der Waals surface area contributed by atoms with Gasteiger partial charge >= 0.3 is 0 Å². The molecule has 2 fully saturated rings. The minimum absolute atomic E-state index is 0.517. The zero-order valence-corrected chi connectivity index (χ0v) is 17.8. The number of amides is 1. The van der Waals surface area contributed by atoms with E-state index in [2.05, 4.69) is 34.4 Å². The molecule has 1 N–H and O–H groups in total.